The van der Waals surface area contributed by atoms with Crippen LogP contribution >= 0.6 is 0 Å². The summed E-state index contributed by atoms with van der Waals surface area (Å²) < 4.78 is 13.3. The molecule has 0 saturated carbocycles. The Bertz CT molecular complexity index is 488. The fourth-order valence-corrected chi connectivity index (χ4v) is 3.51. The van der Waals surface area contributed by atoms with Gasteiger partial charge in [0.2, 0.25) is 0 Å². The van der Waals surface area contributed by atoms with Crippen LogP contribution in [0.3, 0.4) is 0 Å². The molecule has 2 aliphatic heterocycles. The molecule has 2 atom stereocenters. The average molecular weight is 261 g/mol. The number of hydrogen-bond donors (Lipinski definition) is 1. The summed E-state index contributed by atoms with van der Waals surface area (Å²) in [4.78, 5) is 12.5. The van der Waals surface area contributed by atoms with Crippen LogP contribution in [-0.2, 0) is 0 Å². The van der Waals surface area contributed by atoms with E-state index in [-0.39, 0.29) is 17.5 Å². The van der Waals surface area contributed by atoms with Gasteiger partial charge in [0.05, 0.1) is 0 Å². The molecule has 0 radical (unpaired) electrons. The summed E-state index contributed by atoms with van der Waals surface area (Å²) in [6.45, 7) is 1.71. The Kier molecular flexibility index (Phi) is 3.40. The van der Waals surface area contributed by atoms with Crippen molar-refractivity contribution in [1.82, 2.24) is 5.32 Å². The van der Waals surface area contributed by atoms with E-state index in [4.69, 9.17) is 0 Å². The number of hydrogen-bond acceptors (Lipinski definition) is 2. The summed E-state index contributed by atoms with van der Waals surface area (Å²) in [5.41, 5.74) is 1.23. The van der Waals surface area contributed by atoms with E-state index in [1.165, 1.54) is 25.3 Å². The molecule has 3 heteroatoms. The first-order chi connectivity index (χ1) is 9.13. The number of nitrogens with one attached hydrogen (secondary N) is 1. The van der Waals surface area contributed by atoms with Crippen molar-refractivity contribution in [3.8, 4) is 0 Å². The first kappa shape index (κ1) is 12.8. The van der Waals surface area contributed by atoms with Crippen LogP contribution in [0.15, 0.2) is 18.2 Å². The van der Waals surface area contributed by atoms with Gasteiger partial charge >= 0.3 is 0 Å². The summed E-state index contributed by atoms with van der Waals surface area (Å²) in [6.07, 6.45) is 5.52. The van der Waals surface area contributed by atoms with Crippen molar-refractivity contribution in [2.24, 2.45) is 5.92 Å². The maximum atomic E-state index is 13.3. The molecule has 0 aliphatic carbocycles. The minimum Gasteiger partial charge on any atom is -0.311 e. The zero-order valence-corrected chi connectivity index (χ0v) is 11.3. The molecule has 1 aromatic carbocycles. The van der Waals surface area contributed by atoms with Gasteiger partial charge in [0.25, 0.3) is 0 Å². The molecule has 0 spiro atoms. The summed E-state index contributed by atoms with van der Waals surface area (Å²) in [5.74, 6) is 0.0710. The Morgan fingerprint density at radius 1 is 1.26 bits per heavy atom. The third-order valence-electron chi connectivity index (χ3n) is 4.53. The molecule has 2 bridgehead atoms. The van der Waals surface area contributed by atoms with Crippen LogP contribution in [0.4, 0.5) is 4.39 Å². The molecule has 2 nitrogen and oxygen atoms in total. The summed E-state index contributed by atoms with van der Waals surface area (Å²) in [6, 6.07) is 5.73. The number of aryl methyl sites for hydroxylation is 1. The first-order valence-corrected chi connectivity index (χ1v) is 7.20. The lowest BCUT2D eigenvalue weighted by atomic mass is 9.77. The van der Waals surface area contributed by atoms with Gasteiger partial charge in [-0.25, -0.2) is 4.39 Å². The molecule has 102 valence electrons. The molecule has 19 heavy (non-hydrogen) atoms. The Morgan fingerprint density at radius 3 is 2.58 bits per heavy atom. The van der Waals surface area contributed by atoms with E-state index >= 15 is 0 Å². The minimum absolute atomic E-state index is 0.112. The van der Waals surface area contributed by atoms with Crippen LogP contribution in [0.2, 0.25) is 0 Å². The van der Waals surface area contributed by atoms with E-state index < -0.39 is 0 Å². The average Bonchev–Trinajstić information content (AvgIpc) is 2.40. The molecule has 1 N–H and O–H groups in total. The Morgan fingerprint density at radius 2 is 1.95 bits per heavy atom. The number of ketones is 1. The highest BCUT2D eigenvalue weighted by Gasteiger charge is 2.34. The summed E-state index contributed by atoms with van der Waals surface area (Å²) in [5, 5.41) is 3.60. The van der Waals surface area contributed by atoms with Crippen LogP contribution in [0, 0.1) is 18.7 Å². The lowest BCUT2D eigenvalue weighted by molar-refractivity contribution is 0.0825. The number of benzene rings is 1. The molecule has 0 aromatic heterocycles. The zero-order chi connectivity index (χ0) is 13.4. The van der Waals surface area contributed by atoms with Crippen molar-refractivity contribution < 1.29 is 9.18 Å². The van der Waals surface area contributed by atoms with E-state index in [0.717, 1.165) is 12.8 Å². The molecule has 2 fully saturated rings. The molecule has 0 amide bonds. The highest BCUT2D eigenvalue weighted by Crippen LogP contribution is 2.31. The predicted octanol–water partition coefficient (Wildman–Crippen LogP) is 3.24. The minimum atomic E-state index is -0.237. The lowest BCUT2D eigenvalue weighted by Gasteiger charge is -2.39. The fourth-order valence-electron chi connectivity index (χ4n) is 3.51. The largest absolute Gasteiger partial charge is 0.311 e. The van der Waals surface area contributed by atoms with Crippen molar-refractivity contribution in [3.63, 3.8) is 0 Å². The van der Waals surface area contributed by atoms with E-state index in [2.05, 4.69) is 5.32 Å². The van der Waals surface area contributed by atoms with Gasteiger partial charge in [0, 0.05) is 23.6 Å². The molecule has 2 unspecified atom stereocenters. The van der Waals surface area contributed by atoms with Crippen LogP contribution < -0.4 is 5.32 Å². The number of Topliss-reactive ketones (excluding diaryl/α,β-unsaturated/α-hetero) is 1. The highest BCUT2D eigenvalue weighted by molar-refractivity contribution is 5.98. The van der Waals surface area contributed by atoms with Gasteiger partial charge in [0.15, 0.2) is 5.78 Å². The van der Waals surface area contributed by atoms with Crippen LogP contribution in [0.25, 0.3) is 0 Å². The first-order valence-electron chi connectivity index (χ1n) is 7.20. The van der Waals surface area contributed by atoms with E-state index in [1.54, 1.807) is 19.1 Å². The van der Waals surface area contributed by atoms with Gasteiger partial charge < -0.3 is 5.32 Å². The molecular formula is C16H20FNO. The monoisotopic (exact) mass is 261 g/mol. The third-order valence-corrected chi connectivity index (χ3v) is 4.53. The smallest absolute Gasteiger partial charge is 0.166 e. The second-order valence-corrected chi connectivity index (χ2v) is 5.99. The maximum Gasteiger partial charge on any atom is 0.166 e. The molecular weight excluding hydrogens is 241 g/mol. The number of halogens is 1. The number of fused-ring (bicyclic) bond motifs is 2. The normalized spacial score (nSPS) is 30.1. The van der Waals surface area contributed by atoms with Crippen molar-refractivity contribution >= 4 is 5.78 Å². The number of rotatable bonds is 2. The van der Waals surface area contributed by atoms with Gasteiger partial charge in [-0.05, 0) is 56.4 Å². The lowest BCUT2D eigenvalue weighted by Crippen LogP contribution is -2.50. The van der Waals surface area contributed by atoms with E-state index in [9.17, 15) is 9.18 Å². The number of carbonyl (C=O) groups is 1. The number of carbonyl (C=O) groups excluding carboxylic acids is 1. The Balaban J connectivity index is 1.78. The summed E-state index contributed by atoms with van der Waals surface area (Å²) >= 11 is 0. The van der Waals surface area contributed by atoms with Crippen molar-refractivity contribution in [2.45, 2.75) is 51.1 Å². The fraction of sp³-hybridized carbons (Fsp3) is 0.562. The van der Waals surface area contributed by atoms with Crippen molar-refractivity contribution in [3.05, 3.63) is 35.1 Å². The van der Waals surface area contributed by atoms with Gasteiger partial charge in [0.1, 0.15) is 5.82 Å². The van der Waals surface area contributed by atoms with Gasteiger partial charge in [-0.3, -0.25) is 4.79 Å². The summed E-state index contributed by atoms with van der Waals surface area (Å²) in [7, 11) is 0. The van der Waals surface area contributed by atoms with Crippen molar-refractivity contribution in [2.75, 3.05) is 0 Å². The second-order valence-electron chi connectivity index (χ2n) is 5.99. The predicted molar refractivity (Wildman–Crippen MR) is 72.8 cm³/mol. The topological polar surface area (TPSA) is 29.1 Å². The molecule has 2 heterocycles. The zero-order valence-electron chi connectivity index (χ0n) is 11.3. The highest BCUT2D eigenvalue weighted by atomic mass is 19.1. The quantitative estimate of drug-likeness (QED) is 0.828. The van der Waals surface area contributed by atoms with E-state index in [0.29, 0.717) is 23.2 Å². The van der Waals surface area contributed by atoms with E-state index in [1.807, 2.05) is 0 Å². The van der Waals surface area contributed by atoms with Crippen LogP contribution in [0.5, 0.6) is 0 Å². The molecule has 2 saturated heterocycles. The molecule has 1 aromatic rings. The van der Waals surface area contributed by atoms with Gasteiger partial charge in [-0.2, -0.15) is 0 Å². The van der Waals surface area contributed by atoms with Gasteiger partial charge in [-0.1, -0.05) is 6.42 Å². The standard InChI is InChI=1S/C16H20FNO/c1-10-7-11(5-6-15(10)17)16(19)12-8-13-3-2-4-14(9-12)18-13/h5-7,12-14,18H,2-4,8-9H2,1H3. The van der Waals surface area contributed by atoms with Crippen LogP contribution in [-0.4, -0.2) is 17.9 Å². The second kappa shape index (κ2) is 5.04. The Hall–Kier alpha value is -1.22. The Labute approximate surface area is 113 Å². The molecule has 3 rings (SSSR count). The third kappa shape index (κ3) is 2.57. The maximum absolute atomic E-state index is 13.3. The van der Waals surface area contributed by atoms with Crippen LogP contribution in [0.1, 0.15) is 48.0 Å². The van der Waals surface area contributed by atoms with Crippen molar-refractivity contribution in [1.29, 1.82) is 0 Å². The molecule has 2 aliphatic rings. The SMILES string of the molecule is Cc1cc(C(=O)C2CC3CCCC(C2)N3)ccc1F. The van der Waals surface area contributed by atoms with Gasteiger partial charge in [-0.15, -0.1) is 0 Å². The number of piperidine rings is 2.